The molecule has 0 saturated carbocycles. The molecule has 6 heteroatoms. The van der Waals surface area contributed by atoms with Crippen LogP contribution in [0.3, 0.4) is 0 Å². The number of amides is 1. The highest BCUT2D eigenvalue weighted by atomic mass is 16.4. The van der Waals surface area contributed by atoms with Gasteiger partial charge in [-0.25, -0.2) is 4.98 Å². The van der Waals surface area contributed by atoms with E-state index in [4.69, 9.17) is 5.11 Å². The molecule has 1 fully saturated rings. The summed E-state index contributed by atoms with van der Waals surface area (Å²) in [5.41, 5.74) is 0.446. The van der Waals surface area contributed by atoms with Gasteiger partial charge in [-0.05, 0) is 0 Å². The number of hydrogen-bond acceptors (Lipinski definition) is 3. The van der Waals surface area contributed by atoms with Crippen LogP contribution in [0.2, 0.25) is 0 Å². The normalized spacial score (nSPS) is 17.9. The summed E-state index contributed by atoms with van der Waals surface area (Å²) >= 11 is 0. The molecule has 0 bridgehead atoms. The SMILES string of the molecule is CC(C(=O)O)C1CN(C(=O)c2cnc[nH]2)C1. The maximum atomic E-state index is 11.7. The average molecular weight is 223 g/mol. The van der Waals surface area contributed by atoms with Crippen LogP contribution in [0.4, 0.5) is 0 Å². The molecule has 1 unspecified atom stereocenters. The quantitative estimate of drug-likeness (QED) is 0.766. The number of hydrogen-bond donors (Lipinski definition) is 2. The van der Waals surface area contributed by atoms with Gasteiger partial charge in [0.15, 0.2) is 0 Å². The second-order valence-corrected chi connectivity index (χ2v) is 4.06. The number of aromatic amines is 1. The number of imidazole rings is 1. The van der Waals surface area contributed by atoms with Gasteiger partial charge >= 0.3 is 5.97 Å². The summed E-state index contributed by atoms with van der Waals surface area (Å²) in [6.07, 6.45) is 2.92. The first-order valence-electron chi connectivity index (χ1n) is 5.10. The molecule has 0 aromatic carbocycles. The Labute approximate surface area is 92.3 Å². The molecule has 2 heterocycles. The molecule has 0 radical (unpaired) electrons. The predicted octanol–water partition coefficient (Wildman–Crippen LogP) is 0.202. The van der Waals surface area contributed by atoms with Crippen LogP contribution in [-0.2, 0) is 4.79 Å². The van der Waals surface area contributed by atoms with E-state index in [0.29, 0.717) is 18.8 Å². The zero-order valence-corrected chi connectivity index (χ0v) is 8.88. The van der Waals surface area contributed by atoms with Crippen molar-refractivity contribution in [3.63, 3.8) is 0 Å². The van der Waals surface area contributed by atoms with Crippen molar-refractivity contribution in [3.8, 4) is 0 Å². The van der Waals surface area contributed by atoms with Crippen molar-refractivity contribution in [2.24, 2.45) is 11.8 Å². The van der Waals surface area contributed by atoms with Crippen molar-refractivity contribution >= 4 is 11.9 Å². The molecule has 1 saturated heterocycles. The Balaban J connectivity index is 1.89. The van der Waals surface area contributed by atoms with Gasteiger partial charge in [-0.2, -0.15) is 0 Å². The summed E-state index contributed by atoms with van der Waals surface area (Å²) in [5, 5.41) is 8.81. The first kappa shape index (κ1) is 10.7. The summed E-state index contributed by atoms with van der Waals surface area (Å²) in [7, 11) is 0. The van der Waals surface area contributed by atoms with Gasteiger partial charge in [-0.15, -0.1) is 0 Å². The first-order valence-corrected chi connectivity index (χ1v) is 5.10. The monoisotopic (exact) mass is 223 g/mol. The van der Waals surface area contributed by atoms with Gasteiger partial charge in [-0.3, -0.25) is 9.59 Å². The fourth-order valence-corrected chi connectivity index (χ4v) is 1.74. The lowest BCUT2D eigenvalue weighted by Gasteiger charge is -2.40. The Bertz CT molecular complexity index is 395. The van der Waals surface area contributed by atoms with E-state index >= 15 is 0 Å². The lowest BCUT2D eigenvalue weighted by Crippen LogP contribution is -2.53. The van der Waals surface area contributed by atoms with Crippen LogP contribution in [0.25, 0.3) is 0 Å². The van der Waals surface area contributed by atoms with E-state index in [1.807, 2.05) is 0 Å². The third kappa shape index (κ3) is 1.78. The van der Waals surface area contributed by atoms with Gasteiger partial charge in [0.2, 0.25) is 0 Å². The molecule has 1 aliphatic heterocycles. The molecule has 0 aliphatic carbocycles. The Morgan fingerprint density at radius 2 is 2.31 bits per heavy atom. The molecule has 1 amide bonds. The van der Waals surface area contributed by atoms with Crippen LogP contribution in [0, 0.1) is 11.8 Å². The predicted molar refractivity (Wildman–Crippen MR) is 54.8 cm³/mol. The number of aromatic nitrogens is 2. The highest BCUT2D eigenvalue weighted by Crippen LogP contribution is 2.25. The molecule has 6 nitrogen and oxygen atoms in total. The number of carboxylic acids is 1. The maximum absolute atomic E-state index is 11.7. The van der Waals surface area contributed by atoms with Gasteiger partial charge in [0.1, 0.15) is 5.69 Å². The zero-order chi connectivity index (χ0) is 11.7. The van der Waals surface area contributed by atoms with Crippen LogP contribution in [0.15, 0.2) is 12.5 Å². The van der Waals surface area contributed by atoms with Gasteiger partial charge in [0, 0.05) is 19.0 Å². The van der Waals surface area contributed by atoms with Crippen molar-refractivity contribution in [3.05, 3.63) is 18.2 Å². The van der Waals surface area contributed by atoms with Crippen LogP contribution in [-0.4, -0.2) is 44.9 Å². The van der Waals surface area contributed by atoms with Gasteiger partial charge in [0.25, 0.3) is 5.91 Å². The summed E-state index contributed by atoms with van der Waals surface area (Å²) in [5.74, 6) is -1.26. The molecular weight excluding hydrogens is 210 g/mol. The summed E-state index contributed by atoms with van der Waals surface area (Å²) in [6, 6.07) is 0. The molecular formula is C10H13N3O3. The lowest BCUT2D eigenvalue weighted by atomic mass is 9.87. The molecule has 16 heavy (non-hydrogen) atoms. The average Bonchev–Trinajstić information content (AvgIpc) is 2.67. The minimum absolute atomic E-state index is 0.0596. The lowest BCUT2D eigenvalue weighted by molar-refractivity contribution is -0.144. The van der Waals surface area contributed by atoms with E-state index in [9.17, 15) is 9.59 Å². The second-order valence-electron chi connectivity index (χ2n) is 4.06. The maximum Gasteiger partial charge on any atom is 0.306 e. The van der Waals surface area contributed by atoms with E-state index in [2.05, 4.69) is 9.97 Å². The number of carbonyl (C=O) groups excluding carboxylic acids is 1. The molecule has 1 aromatic heterocycles. The van der Waals surface area contributed by atoms with E-state index in [-0.39, 0.29) is 11.8 Å². The zero-order valence-electron chi connectivity index (χ0n) is 8.88. The summed E-state index contributed by atoms with van der Waals surface area (Å²) < 4.78 is 0. The fourth-order valence-electron chi connectivity index (χ4n) is 1.74. The van der Waals surface area contributed by atoms with Gasteiger partial charge in [0.05, 0.1) is 18.4 Å². The minimum Gasteiger partial charge on any atom is -0.481 e. The molecule has 0 spiro atoms. The number of carbonyl (C=O) groups is 2. The molecule has 86 valence electrons. The number of H-pyrrole nitrogens is 1. The Morgan fingerprint density at radius 3 is 2.81 bits per heavy atom. The minimum atomic E-state index is -0.807. The van der Waals surface area contributed by atoms with Gasteiger partial charge in [-0.1, -0.05) is 6.92 Å². The third-order valence-corrected chi connectivity index (χ3v) is 3.02. The molecule has 1 aromatic rings. The van der Waals surface area contributed by atoms with E-state index in [0.717, 1.165) is 0 Å². The van der Waals surface area contributed by atoms with Crippen molar-refractivity contribution in [2.75, 3.05) is 13.1 Å². The van der Waals surface area contributed by atoms with Crippen LogP contribution in [0.5, 0.6) is 0 Å². The Hall–Kier alpha value is -1.85. The van der Waals surface area contributed by atoms with Crippen LogP contribution < -0.4 is 0 Å². The second kappa shape index (κ2) is 3.96. The largest absolute Gasteiger partial charge is 0.481 e. The summed E-state index contributed by atoms with van der Waals surface area (Å²) in [4.78, 5) is 30.6. The van der Waals surface area contributed by atoms with E-state index in [1.165, 1.54) is 12.5 Å². The van der Waals surface area contributed by atoms with Crippen molar-refractivity contribution in [1.82, 2.24) is 14.9 Å². The Kier molecular flexibility index (Phi) is 2.64. The van der Waals surface area contributed by atoms with E-state index < -0.39 is 11.9 Å². The van der Waals surface area contributed by atoms with Crippen molar-refractivity contribution < 1.29 is 14.7 Å². The standard InChI is InChI=1S/C10H13N3O3/c1-6(10(15)16)7-3-13(4-7)9(14)8-2-11-5-12-8/h2,5-7H,3-4H2,1H3,(H,11,12)(H,15,16). The van der Waals surface area contributed by atoms with Crippen molar-refractivity contribution in [2.45, 2.75) is 6.92 Å². The highest BCUT2D eigenvalue weighted by Gasteiger charge is 2.37. The fraction of sp³-hybridized carbons (Fsp3) is 0.500. The number of aliphatic carboxylic acids is 1. The molecule has 1 aliphatic rings. The smallest absolute Gasteiger partial charge is 0.306 e. The molecule has 1 atom stereocenters. The number of rotatable bonds is 3. The van der Waals surface area contributed by atoms with Gasteiger partial charge < -0.3 is 15.0 Å². The number of nitrogens with zero attached hydrogens (tertiary/aromatic N) is 2. The Morgan fingerprint density at radius 1 is 1.62 bits per heavy atom. The van der Waals surface area contributed by atoms with Crippen molar-refractivity contribution in [1.29, 1.82) is 0 Å². The number of carboxylic acid groups (broad SMARTS) is 1. The molecule has 2 rings (SSSR count). The molecule has 2 N–H and O–H groups in total. The summed E-state index contributed by atoms with van der Waals surface area (Å²) in [6.45, 7) is 2.68. The van der Waals surface area contributed by atoms with Crippen LogP contribution in [0.1, 0.15) is 17.4 Å². The van der Waals surface area contributed by atoms with Crippen LogP contribution >= 0.6 is 0 Å². The van der Waals surface area contributed by atoms with E-state index in [1.54, 1.807) is 11.8 Å². The number of likely N-dealkylation sites (tertiary alicyclic amines) is 1. The third-order valence-electron chi connectivity index (χ3n) is 3.02. The first-order chi connectivity index (χ1) is 7.59. The number of nitrogens with one attached hydrogen (secondary N) is 1. The highest BCUT2D eigenvalue weighted by molar-refractivity contribution is 5.92. The topological polar surface area (TPSA) is 86.3 Å².